The molecule has 0 bridgehead atoms. The van der Waals surface area contributed by atoms with Gasteiger partial charge in [0.15, 0.2) is 0 Å². The second kappa shape index (κ2) is 3.15. The van der Waals surface area contributed by atoms with Crippen molar-refractivity contribution in [3.05, 3.63) is 29.3 Å². The summed E-state index contributed by atoms with van der Waals surface area (Å²) in [5.41, 5.74) is 2.19. The Bertz CT molecular complexity index is 281. The van der Waals surface area contributed by atoms with Crippen LogP contribution in [0, 0.1) is 0 Å². The van der Waals surface area contributed by atoms with E-state index in [2.05, 4.69) is 0 Å². The molecule has 1 heterocycles. The maximum atomic E-state index is 8.88. The number of hydrogen-bond donors (Lipinski definition) is 1. The van der Waals surface area contributed by atoms with E-state index in [1.165, 1.54) is 5.56 Å². The van der Waals surface area contributed by atoms with Crippen molar-refractivity contribution in [1.82, 2.24) is 0 Å². The molecule has 0 saturated carbocycles. The number of benzene rings is 1. The van der Waals surface area contributed by atoms with Gasteiger partial charge in [0.05, 0.1) is 13.2 Å². The van der Waals surface area contributed by atoms with Crippen molar-refractivity contribution in [3.8, 4) is 5.75 Å². The van der Waals surface area contributed by atoms with Gasteiger partial charge in [-0.1, -0.05) is 12.1 Å². The van der Waals surface area contributed by atoms with Crippen LogP contribution in [0.15, 0.2) is 18.2 Å². The Balaban J connectivity index is 2.36. The van der Waals surface area contributed by atoms with Gasteiger partial charge >= 0.3 is 0 Å². The number of aliphatic hydroxyl groups is 1. The molecular weight excluding hydrogens is 152 g/mol. The molecule has 1 aromatic carbocycles. The van der Waals surface area contributed by atoms with Crippen LogP contribution >= 0.6 is 0 Å². The Hall–Kier alpha value is -1.02. The third-order valence-electron chi connectivity index (χ3n) is 2.16. The van der Waals surface area contributed by atoms with Crippen LogP contribution in [0.1, 0.15) is 17.5 Å². The summed E-state index contributed by atoms with van der Waals surface area (Å²) < 4.78 is 5.45. The van der Waals surface area contributed by atoms with Gasteiger partial charge in [-0.05, 0) is 30.0 Å². The molecule has 0 radical (unpaired) electrons. The molecule has 0 aliphatic carbocycles. The summed E-state index contributed by atoms with van der Waals surface area (Å²) in [4.78, 5) is 0. The molecule has 1 aromatic rings. The molecule has 64 valence electrons. The molecule has 0 spiro atoms. The Labute approximate surface area is 71.8 Å². The Morgan fingerprint density at radius 2 is 2.33 bits per heavy atom. The van der Waals surface area contributed by atoms with Gasteiger partial charge < -0.3 is 9.84 Å². The predicted octanol–water partition coefficient (Wildman–Crippen LogP) is 1.50. The van der Waals surface area contributed by atoms with Gasteiger partial charge in [0.1, 0.15) is 5.75 Å². The van der Waals surface area contributed by atoms with E-state index in [9.17, 15) is 0 Å². The third-order valence-corrected chi connectivity index (χ3v) is 2.16. The molecule has 12 heavy (non-hydrogen) atoms. The van der Waals surface area contributed by atoms with Crippen LogP contribution in [0.3, 0.4) is 0 Å². The highest BCUT2D eigenvalue weighted by atomic mass is 16.5. The van der Waals surface area contributed by atoms with Gasteiger partial charge in [0.25, 0.3) is 0 Å². The van der Waals surface area contributed by atoms with Gasteiger partial charge in [0.2, 0.25) is 0 Å². The summed E-state index contributed by atoms with van der Waals surface area (Å²) in [7, 11) is 0. The lowest BCUT2D eigenvalue weighted by Gasteiger charge is -2.17. The highest BCUT2D eigenvalue weighted by Crippen LogP contribution is 2.25. The summed E-state index contributed by atoms with van der Waals surface area (Å²) in [5, 5.41) is 8.88. The average Bonchev–Trinajstić information content (AvgIpc) is 2.17. The van der Waals surface area contributed by atoms with Crippen LogP contribution in [0.4, 0.5) is 0 Å². The average molecular weight is 164 g/mol. The lowest BCUT2D eigenvalue weighted by Crippen LogP contribution is -2.08. The number of aliphatic hydroxyl groups excluding tert-OH is 1. The standard InChI is InChI=1S/C10H12O2/c11-7-8-3-4-9-2-1-5-12-10(9)6-8/h3-4,6,11H,1-2,5,7H2. The zero-order valence-corrected chi connectivity index (χ0v) is 6.92. The molecule has 1 aliphatic heterocycles. The minimum absolute atomic E-state index is 0.0939. The molecule has 0 atom stereocenters. The molecule has 1 N–H and O–H groups in total. The van der Waals surface area contributed by atoms with E-state index in [4.69, 9.17) is 9.84 Å². The molecular formula is C10H12O2. The number of aryl methyl sites for hydroxylation is 1. The predicted molar refractivity (Wildman–Crippen MR) is 46.2 cm³/mol. The summed E-state index contributed by atoms with van der Waals surface area (Å²) in [6, 6.07) is 5.92. The molecule has 0 fully saturated rings. The van der Waals surface area contributed by atoms with Crippen LogP contribution in [-0.4, -0.2) is 11.7 Å². The lowest BCUT2D eigenvalue weighted by molar-refractivity contribution is 0.273. The smallest absolute Gasteiger partial charge is 0.122 e. The topological polar surface area (TPSA) is 29.5 Å². The summed E-state index contributed by atoms with van der Waals surface area (Å²) >= 11 is 0. The second-order valence-corrected chi connectivity index (χ2v) is 3.05. The van der Waals surface area contributed by atoms with E-state index in [0.717, 1.165) is 30.8 Å². The fraction of sp³-hybridized carbons (Fsp3) is 0.400. The van der Waals surface area contributed by atoms with E-state index in [0.29, 0.717) is 0 Å². The molecule has 2 rings (SSSR count). The normalized spacial score (nSPS) is 15.1. The highest BCUT2D eigenvalue weighted by molar-refractivity contribution is 5.38. The van der Waals surface area contributed by atoms with Crippen LogP contribution in [0.25, 0.3) is 0 Å². The van der Waals surface area contributed by atoms with Gasteiger partial charge in [-0.2, -0.15) is 0 Å². The first-order chi connectivity index (χ1) is 5.90. The number of fused-ring (bicyclic) bond motifs is 1. The summed E-state index contributed by atoms with van der Waals surface area (Å²) in [6.07, 6.45) is 2.20. The van der Waals surface area contributed by atoms with Crippen LogP contribution in [0.2, 0.25) is 0 Å². The maximum absolute atomic E-state index is 8.88. The molecule has 0 amide bonds. The van der Waals surface area contributed by atoms with Crippen molar-refractivity contribution in [2.45, 2.75) is 19.4 Å². The SMILES string of the molecule is OCc1ccc2c(c1)OCCC2. The highest BCUT2D eigenvalue weighted by Gasteiger charge is 2.09. The minimum Gasteiger partial charge on any atom is -0.493 e. The zero-order valence-electron chi connectivity index (χ0n) is 6.92. The lowest BCUT2D eigenvalue weighted by atomic mass is 10.0. The second-order valence-electron chi connectivity index (χ2n) is 3.05. The number of rotatable bonds is 1. The number of hydrogen-bond acceptors (Lipinski definition) is 2. The zero-order chi connectivity index (χ0) is 8.39. The first kappa shape index (κ1) is 7.62. The molecule has 0 unspecified atom stereocenters. The van der Waals surface area contributed by atoms with Crippen LogP contribution in [-0.2, 0) is 13.0 Å². The molecule has 0 aromatic heterocycles. The van der Waals surface area contributed by atoms with Crippen molar-refractivity contribution in [3.63, 3.8) is 0 Å². The molecule has 2 heteroatoms. The van der Waals surface area contributed by atoms with Gasteiger partial charge in [-0.15, -0.1) is 0 Å². The quantitative estimate of drug-likeness (QED) is 0.681. The van der Waals surface area contributed by atoms with Crippen LogP contribution in [0.5, 0.6) is 5.75 Å². The third kappa shape index (κ3) is 1.30. The molecule has 2 nitrogen and oxygen atoms in total. The maximum Gasteiger partial charge on any atom is 0.122 e. The summed E-state index contributed by atoms with van der Waals surface area (Å²) in [6.45, 7) is 0.901. The van der Waals surface area contributed by atoms with Crippen molar-refractivity contribution in [1.29, 1.82) is 0 Å². The molecule has 0 saturated heterocycles. The van der Waals surface area contributed by atoms with Gasteiger partial charge in [-0.3, -0.25) is 0 Å². The van der Waals surface area contributed by atoms with E-state index < -0.39 is 0 Å². The Kier molecular flexibility index (Phi) is 2.00. The van der Waals surface area contributed by atoms with Crippen molar-refractivity contribution >= 4 is 0 Å². The van der Waals surface area contributed by atoms with E-state index in [1.807, 2.05) is 18.2 Å². The first-order valence-corrected chi connectivity index (χ1v) is 4.25. The largest absolute Gasteiger partial charge is 0.493 e. The fourth-order valence-electron chi connectivity index (χ4n) is 1.48. The summed E-state index contributed by atoms with van der Waals surface area (Å²) in [5.74, 6) is 0.952. The molecule has 1 aliphatic rings. The first-order valence-electron chi connectivity index (χ1n) is 4.25. The van der Waals surface area contributed by atoms with E-state index in [1.54, 1.807) is 0 Å². The van der Waals surface area contributed by atoms with E-state index in [-0.39, 0.29) is 6.61 Å². The van der Waals surface area contributed by atoms with Crippen molar-refractivity contribution < 1.29 is 9.84 Å². The van der Waals surface area contributed by atoms with Gasteiger partial charge in [0, 0.05) is 0 Å². The minimum atomic E-state index is 0.0939. The Morgan fingerprint density at radius 3 is 3.17 bits per heavy atom. The Morgan fingerprint density at radius 1 is 1.42 bits per heavy atom. The van der Waals surface area contributed by atoms with Crippen molar-refractivity contribution in [2.75, 3.05) is 6.61 Å². The monoisotopic (exact) mass is 164 g/mol. The van der Waals surface area contributed by atoms with E-state index >= 15 is 0 Å². The van der Waals surface area contributed by atoms with Gasteiger partial charge in [-0.25, -0.2) is 0 Å². The van der Waals surface area contributed by atoms with Crippen molar-refractivity contribution in [2.24, 2.45) is 0 Å². The number of ether oxygens (including phenoxy) is 1. The fourth-order valence-corrected chi connectivity index (χ4v) is 1.48. The van der Waals surface area contributed by atoms with Crippen LogP contribution < -0.4 is 4.74 Å².